The van der Waals surface area contributed by atoms with E-state index in [0.717, 1.165) is 81.3 Å². The molecule has 10 aromatic carbocycles. The van der Waals surface area contributed by atoms with Crippen LogP contribution >= 0.6 is 0 Å². The number of benzene rings is 10. The molecule has 0 fully saturated rings. The average molecular weight is 1320 g/mol. The summed E-state index contributed by atoms with van der Waals surface area (Å²) >= 11 is 0. The van der Waals surface area contributed by atoms with Crippen molar-refractivity contribution in [3.63, 3.8) is 0 Å². The maximum absolute atomic E-state index is 7.60. The Morgan fingerprint density at radius 3 is 1.39 bits per heavy atom. The normalized spacial score (nSPS) is 15.3. The Kier molecular flexibility index (Phi) is 16.7. The van der Waals surface area contributed by atoms with Crippen LogP contribution in [0, 0.1) is 0 Å². The highest BCUT2D eigenvalue weighted by molar-refractivity contribution is 6.21. The van der Waals surface area contributed by atoms with Crippen LogP contribution in [0.2, 0.25) is 0 Å². The summed E-state index contributed by atoms with van der Waals surface area (Å²) in [4.78, 5) is 2.61. The summed E-state index contributed by atoms with van der Waals surface area (Å²) in [6, 6.07) is 68.0. The molecule has 0 N–H and O–H groups in total. The monoisotopic (exact) mass is 1320 g/mol. The molecule has 0 saturated carbocycles. The van der Waals surface area contributed by atoms with Gasteiger partial charge in [0, 0.05) is 70.9 Å². The topological polar surface area (TPSA) is 42.7 Å². The lowest BCUT2D eigenvalue weighted by Gasteiger charge is -2.40. The molecule has 4 heteroatoms. The van der Waals surface area contributed by atoms with Crippen LogP contribution in [0.4, 0.5) is 17.1 Å². The van der Waals surface area contributed by atoms with Crippen molar-refractivity contribution < 1.29 is 13.3 Å². The number of furan rings is 3. The molecule has 4 nitrogen and oxygen atoms in total. The van der Waals surface area contributed by atoms with Crippen molar-refractivity contribution in [2.24, 2.45) is 0 Å². The van der Waals surface area contributed by atoms with Crippen molar-refractivity contribution in [3.8, 4) is 44.5 Å². The van der Waals surface area contributed by atoms with Crippen molar-refractivity contribution in [2.45, 2.75) is 231 Å². The Morgan fingerprint density at radius 2 is 0.750 bits per heavy atom. The summed E-state index contributed by atoms with van der Waals surface area (Å²) in [6.07, 6.45) is 29.6. The molecule has 3 heterocycles. The lowest BCUT2D eigenvalue weighted by molar-refractivity contribution is 0.369. The smallest absolute Gasteiger partial charge is 0.159 e. The molecule has 0 amide bonds. The van der Waals surface area contributed by atoms with Crippen LogP contribution in [0.3, 0.4) is 0 Å². The second kappa shape index (κ2) is 25.8. The summed E-state index contributed by atoms with van der Waals surface area (Å²) in [5.41, 5.74) is 31.0. The number of hydrogen-bond acceptors (Lipinski definition) is 4. The Balaban J connectivity index is 0.909. The SMILES string of the molecule is CCCCCCCC1(CCCCCCC)c2ccccc2-c2c1c1c(c3c2oc2ccccc23)-c2ccc(N(c3ccc4c(c3)C(C)(C)c3cc5c(cc3-4)C(C)(C)c3ccc4oc6ccccc6c4c3-5)c3cccc4c3oc3ccccc34)cc2C1(CCCCCCC)CCCCCCC. The molecule has 17 rings (SSSR count). The number of unbranched alkanes of at least 4 members (excludes halogenated alkanes) is 16. The van der Waals surface area contributed by atoms with E-state index in [2.05, 4.69) is 236 Å². The average Bonchev–Trinajstić information content (AvgIpc) is 1.49. The van der Waals surface area contributed by atoms with E-state index in [0.29, 0.717) is 0 Å². The second-order valence-corrected chi connectivity index (χ2v) is 31.9. The number of nitrogens with zero attached hydrogens (tertiary/aromatic N) is 1. The lowest BCUT2D eigenvalue weighted by Crippen LogP contribution is -2.33. The first-order valence-corrected chi connectivity index (χ1v) is 39.2. The largest absolute Gasteiger partial charge is 0.456 e. The van der Waals surface area contributed by atoms with Crippen molar-refractivity contribution in [1.82, 2.24) is 0 Å². The molecule has 4 aliphatic carbocycles. The number of anilines is 3. The summed E-state index contributed by atoms with van der Waals surface area (Å²) < 4.78 is 21.4. The van der Waals surface area contributed by atoms with E-state index in [4.69, 9.17) is 13.3 Å². The minimum absolute atomic E-state index is 0.168. The molecule has 0 aliphatic heterocycles. The van der Waals surface area contributed by atoms with Gasteiger partial charge in [-0.1, -0.05) is 293 Å². The molecular weight excluding hydrogens is 1220 g/mol. The minimum Gasteiger partial charge on any atom is -0.456 e. The summed E-state index contributed by atoms with van der Waals surface area (Å²) in [6.45, 7) is 19.3. The van der Waals surface area contributed by atoms with Gasteiger partial charge in [0.25, 0.3) is 0 Å². The van der Waals surface area contributed by atoms with Gasteiger partial charge in [-0.25, -0.2) is 0 Å². The fraction of sp³-hybridized carbons (Fsp3) is 0.375. The fourth-order valence-corrected chi connectivity index (χ4v) is 20.3. The van der Waals surface area contributed by atoms with Crippen LogP contribution in [0.1, 0.15) is 254 Å². The molecule has 0 unspecified atom stereocenters. The van der Waals surface area contributed by atoms with E-state index in [1.54, 1.807) is 16.7 Å². The van der Waals surface area contributed by atoms with E-state index in [9.17, 15) is 0 Å². The minimum atomic E-state index is -0.328. The van der Waals surface area contributed by atoms with Crippen LogP contribution < -0.4 is 4.90 Å². The summed E-state index contributed by atoms with van der Waals surface area (Å²) in [5, 5.41) is 7.25. The van der Waals surface area contributed by atoms with Gasteiger partial charge in [0.2, 0.25) is 0 Å². The lowest BCUT2D eigenvalue weighted by atomic mass is 9.62. The quantitative estimate of drug-likeness (QED) is 0.0481. The van der Waals surface area contributed by atoms with E-state index in [-0.39, 0.29) is 21.7 Å². The Bertz CT molecular complexity index is 5280. The zero-order valence-corrected chi connectivity index (χ0v) is 60.9. The van der Waals surface area contributed by atoms with Gasteiger partial charge in [0.15, 0.2) is 5.58 Å². The first kappa shape index (κ1) is 64.8. The van der Waals surface area contributed by atoms with Gasteiger partial charge in [0.1, 0.15) is 27.9 Å². The van der Waals surface area contributed by atoms with Crippen molar-refractivity contribution >= 4 is 82.9 Å². The number of fused-ring (bicyclic) bond motifs is 25. The highest BCUT2D eigenvalue weighted by Gasteiger charge is 2.54. The molecule has 0 radical (unpaired) electrons. The van der Waals surface area contributed by atoms with Gasteiger partial charge in [-0.2, -0.15) is 0 Å². The number of para-hydroxylation sites is 4. The van der Waals surface area contributed by atoms with Crippen LogP contribution in [-0.4, -0.2) is 0 Å². The van der Waals surface area contributed by atoms with Crippen LogP contribution in [-0.2, 0) is 21.7 Å². The molecule has 0 bridgehead atoms. The molecule has 13 aromatic rings. The third kappa shape index (κ3) is 9.99. The summed E-state index contributed by atoms with van der Waals surface area (Å²) in [5.74, 6) is 0. The Labute approximate surface area is 593 Å². The van der Waals surface area contributed by atoms with Gasteiger partial charge in [0.05, 0.1) is 5.69 Å². The molecule has 4 aliphatic rings. The zero-order chi connectivity index (χ0) is 68.1. The molecule has 100 heavy (non-hydrogen) atoms. The number of hydrogen-bond donors (Lipinski definition) is 0. The van der Waals surface area contributed by atoms with E-state index < -0.39 is 0 Å². The van der Waals surface area contributed by atoms with E-state index in [1.165, 1.54) is 228 Å². The Morgan fingerprint density at radius 1 is 0.290 bits per heavy atom. The molecule has 3 aromatic heterocycles. The molecule has 0 saturated heterocycles. The standard InChI is InChI=1S/C96H101NO3/c1-9-13-17-21-33-54-95(55-34-22-18-14-10-2)73-43-29-25-39-67(73)88-90(95)89-86(87-70-41-28-32-47-82(70)100-92(87)88)68-51-49-63(59-78(68)96(89,56-35-23-19-15-11-3)57-36-24-20-16-12-4)97(79-44-37-42-66-65-38-26-30-45-80(65)99-91(66)79)62-48-50-64-71-60-77-72(61-76(71)94(7,8)75(64)58-62)84-74(93(77,5)6)52-53-83-85(84)69-40-27-31-46-81(69)98-83/h25-32,37-53,58-61H,9-24,33-36,54-57H2,1-8H3. The van der Waals surface area contributed by atoms with E-state index in [1.807, 2.05) is 0 Å². The van der Waals surface area contributed by atoms with E-state index >= 15 is 0 Å². The zero-order valence-electron chi connectivity index (χ0n) is 60.9. The van der Waals surface area contributed by atoms with Crippen molar-refractivity contribution in [2.75, 3.05) is 4.90 Å². The van der Waals surface area contributed by atoms with Crippen LogP contribution in [0.5, 0.6) is 0 Å². The van der Waals surface area contributed by atoms with Gasteiger partial charge in [-0.15, -0.1) is 0 Å². The third-order valence-corrected chi connectivity index (χ3v) is 25.2. The fourth-order valence-electron chi connectivity index (χ4n) is 20.3. The maximum atomic E-state index is 7.60. The van der Waals surface area contributed by atoms with Gasteiger partial charge in [-0.3, -0.25) is 0 Å². The van der Waals surface area contributed by atoms with Gasteiger partial charge in [-0.05, 0) is 176 Å². The molecule has 508 valence electrons. The van der Waals surface area contributed by atoms with Crippen molar-refractivity contribution in [3.05, 3.63) is 220 Å². The molecular formula is C96H101NO3. The molecule has 0 atom stereocenters. The molecule has 0 spiro atoms. The summed E-state index contributed by atoms with van der Waals surface area (Å²) in [7, 11) is 0. The second-order valence-electron chi connectivity index (χ2n) is 31.9. The highest BCUT2D eigenvalue weighted by Crippen LogP contribution is 2.68. The Hall–Kier alpha value is -8.60. The predicted molar refractivity (Wildman–Crippen MR) is 424 cm³/mol. The van der Waals surface area contributed by atoms with Gasteiger partial charge >= 0.3 is 0 Å². The highest BCUT2D eigenvalue weighted by atomic mass is 16.3. The van der Waals surface area contributed by atoms with Crippen LogP contribution in [0.25, 0.3) is 110 Å². The maximum Gasteiger partial charge on any atom is 0.159 e. The first-order valence-electron chi connectivity index (χ1n) is 39.2. The van der Waals surface area contributed by atoms with Crippen molar-refractivity contribution in [1.29, 1.82) is 0 Å². The third-order valence-electron chi connectivity index (χ3n) is 25.2. The first-order chi connectivity index (χ1) is 49.0. The number of rotatable bonds is 27. The van der Waals surface area contributed by atoms with Crippen LogP contribution in [0.15, 0.2) is 189 Å². The predicted octanol–water partition coefficient (Wildman–Crippen LogP) is 29.4. The van der Waals surface area contributed by atoms with Gasteiger partial charge < -0.3 is 18.2 Å².